The molecule has 0 aliphatic heterocycles. The van der Waals surface area contributed by atoms with Gasteiger partial charge in [0.05, 0.1) is 6.54 Å². The van der Waals surface area contributed by atoms with Gasteiger partial charge in [-0.1, -0.05) is 0 Å². The Bertz CT molecular complexity index is 686. The van der Waals surface area contributed by atoms with Crippen molar-refractivity contribution >= 4 is 29.3 Å². The number of rotatable bonds is 3. The summed E-state index contributed by atoms with van der Waals surface area (Å²) in [5.74, 6) is 0.407. The lowest BCUT2D eigenvalue weighted by Gasteiger charge is -2.09. The molecule has 0 saturated heterocycles. The van der Waals surface area contributed by atoms with E-state index in [1.54, 1.807) is 6.07 Å². The first-order valence-electron chi connectivity index (χ1n) is 7.25. The molecule has 2 aromatic rings. The van der Waals surface area contributed by atoms with E-state index in [1.165, 1.54) is 12.1 Å². The van der Waals surface area contributed by atoms with Crippen LogP contribution in [0.15, 0.2) is 22.6 Å². The van der Waals surface area contributed by atoms with Gasteiger partial charge >= 0.3 is 0 Å². The molecular formula is C16H20ClFN2O2. The predicted molar refractivity (Wildman–Crippen MR) is 85.3 cm³/mol. The third kappa shape index (κ3) is 3.25. The third-order valence-corrected chi connectivity index (χ3v) is 4.26. The number of nitrogens with one attached hydrogen (secondary N) is 1. The molecule has 1 aromatic carbocycles. The fourth-order valence-corrected chi connectivity index (χ4v) is 2.98. The molecule has 1 fully saturated rings. The molecular weight excluding hydrogens is 307 g/mol. The molecule has 22 heavy (non-hydrogen) atoms. The topological polar surface area (TPSA) is 68.3 Å². The van der Waals surface area contributed by atoms with Crippen molar-refractivity contribution in [3.63, 3.8) is 0 Å². The second-order valence-electron chi connectivity index (χ2n) is 5.78. The molecule has 1 saturated carbocycles. The van der Waals surface area contributed by atoms with Crippen molar-refractivity contribution < 1.29 is 13.6 Å². The zero-order valence-corrected chi connectivity index (χ0v) is 13.2. The van der Waals surface area contributed by atoms with Crippen molar-refractivity contribution in [3.8, 4) is 0 Å². The van der Waals surface area contributed by atoms with Crippen LogP contribution in [0.1, 0.15) is 30.6 Å². The van der Waals surface area contributed by atoms with Crippen LogP contribution in [0.25, 0.3) is 11.0 Å². The molecule has 2 atom stereocenters. The molecule has 3 rings (SSSR count). The van der Waals surface area contributed by atoms with Gasteiger partial charge in [-0.25, -0.2) is 4.39 Å². The molecule has 3 N–H and O–H groups in total. The fraction of sp³-hybridized carbons (Fsp3) is 0.438. The molecule has 4 nitrogen and oxygen atoms in total. The SMILES string of the molecule is Cc1c(CNC(=O)C2CCC(N)C2)oc2ccc(F)cc12.Cl. The number of nitrogens with two attached hydrogens (primary N) is 1. The van der Waals surface area contributed by atoms with Gasteiger partial charge in [0.25, 0.3) is 0 Å². The number of fused-ring (bicyclic) bond motifs is 1. The third-order valence-electron chi connectivity index (χ3n) is 4.26. The van der Waals surface area contributed by atoms with Gasteiger partial charge in [-0.05, 0) is 44.4 Å². The summed E-state index contributed by atoms with van der Waals surface area (Å²) < 4.78 is 18.9. The maximum absolute atomic E-state index is 13.3. The van der Waals surface area contributed by atoms with Crippen LogP contribution in [-0.4, -0.2) is 11.9 Å². The van der Waals surface area contributed by atoms with Gasteiger partial charge in [-0.2, -0.15) is 0 Å². The number of halogens is 2. The van der Waals surface area contributed by atoms with Gasteiger partial charge in [0, 0.05) is 22.9 Å². The summed E-state index contributed by atoms with van der Waals surface area (Å²) >= 11 is 0. The van der Waals surface area contributed by atoms with E-state index in [-0.39, 0.29) is 36.1 Å². The van der Waals surface area contributed by atoms with E-state index in [4.69, 9.17) is 10.2 Å². The number of carbonyl (C=O) groups excluding carboxylic acids is 1. The van der Waals surface area contributed by atoms with E-state index in [1.807, 2.05) is 6.92 Å². The highest BCUT2D eigenvalue weighted by Crippen LogP contribution is 2.27. The molecule has 1 heterocycles. The van der Waals surface area contributed by atoms with Crippen molar-refractivity contribution in [1.82, 2.24) is 5.32 Å². The van der Waals surface area contributed by atoms with Crippen LogP contribution in [-0.2, 0) is 11.3 Å². The Kier molecular flexibility index (Phi) is 5.08. The average molecular weight is 327 g/mol. The Morgan fingerprint density at radius 1 is 1.45 bits per heavy atom. The number of furan rings is 1. The smallest absolute Gasteiger partial charge is 0.223 e. The lowest BCUT2D eigenvalue weighted by molar-refractivity contribution is -0.125. The minimum Gasteiger partial charge on any atom is -0.459 e. The number of aryl methyl sites for hydroxylation is 1. The Hall–Kier alpha value is -1.59. The molecule has 0 radical (unpaired) electrons. The normalized spacial score (nSPS) is 20.9. The highest BCUT2D eigenvalue weighted by Gasteiger charge is 2.27. The molecule has 1 aromatic heterocycles. The predicted octanol–water partition coefficient (Wildman–Crippen LogP) is 3.05. The maximum Gasteiger partial charge on any atom is 0.223 e. The molecule has 120 valence electrons. The van der Waals surface area contributed by atoms with E-state index in [2.05, 4.69) is 5.32 Å². The molecule has 1 aliphatic rings. The summed E-state index contributed by atoms with van der Waals surface area (Å²) in [7, 11) is 0. The minimum atomic E-state index is -0.290. The minimum absolute atomic E-state index is 0. The number of amides is 1. The van der Waals surface area contributed by atoms with Crippen molar-refractivity contribution in [2.75, 3.05) is 0 Å². The van der Waals surface area contributed by atoms with E-state index in [0.717, 1.165) is 30.2 Å². The quantitative estimate of drug-likeness (QED) is 0.911. The van der Waals surface area contributed by atoms with Crippen LogP contribution in [0.3, 0.4) is 0 Å². The number of hydrogen-bond donors (Lipinski definition) is 2. The maximum atomic E-state index is 13.3. The van der Waals surface area contributed by atoms with Crippen molar-refractivity contribution in [2.45, 2.75) is 38.8 Å². The highest BCUT2D eigenvalue weighted by molar-refractivity contribution is 5.85. The second kappa shape index (κ2) is 6.67. The number of hydrogen-bond acceptors (Lipinski definition) is 3. The van der Waals surface area contributed by atoms with Gasteiger partial charge in [0.15, 0.2) is 0 Å². The summed E-state index contributed by atoms with van der Waals surface area (Å²) in [6.45, 7) is 2.20. The van der Waals surface area contributed by atoms with E-state index >= 15 is 0 Å². The highest BCUT2D eigenvalue weighted by atomic mass is 35.5. The van der Waals surface area contributed by atoms with E-state index < -0.39 is 0 Å². The Morgan fingerprint density at radius 2 is 2.23 bits per heavy atom. The lowest BCUT2D eigenvalue weighted by atomic mass is 10.1. The zero-order chi connectivity index (χ0) is 15.0. The van der Waals surface area contributed by atoms with Gasteiger partial charge in [0.2, 0.25) is 5.91 Å². The van der Waals surface area contributed by atoms with Gasteiger partial charge < -0.3 is 15.5 Å². The summed E-state index contributed by atoms with van der Waals surface area (Å²) in [5.41, 5.74) is 7.33. The van der Waals surface area contributed by atoms with Crippen LogP contribution < -0.4 is 11.1 Å². The fourth-order valence-electron chi connectivity index (χ4n) is 2.98. The standard InChI is InChI=1S/C16H19FN2O2.ClH/c1-9-13-7-11(17)3-5-14(13)21-15(9)8-19-16(20)10-2-4-12(18)6-10;/h3,5,7,10,12H,2,4,6,8,18H2,1H3,(H,19,20);1H. The van der Waals surface area contributed by atoms with Crippen LogP contribution in [0.5, 0.6) is 0 Å². The molecule has 2 unspecified atom stereocenters. The molecule has 1 amide bonds. The first-order chi connectivity index (χ1) is 10.0. The first kappa shape index (κ1) is 16.8. The van der Waals surface area contributed by atoms with E-state index in [0.29, 0.717) is 17.9 Å². The van der Waals surface area contributed by atoms with Crippen molar-refractivity contribution in [3.05, 3.63) is 35.3 Å². The number of benzene rings is 1. The number of carbonyl (C=O) groups is 1. The van der Waals surface area contributed by atoms with Crippen LogP contribution in [0.2, 0.25) is 0 Å². The van der Waals surface area contributed by atoms with E-state index in [9.17, 15) is 9.18 Å². The second-order valence-corrected chi connectivity index (χ2v) is 5.78. The van der Waals surface area contributed by atoms with Gasteiger partial charge in [-0.15, -0.1) is 12.4 Å². The molecule has 0 spiro atoms. The lowest BCUT2D eigenvalue weighted by Crippen LogP contribution is -2.30. The van der Waals surface area contributed by atoms with Crippen LogP contribution in [0, 0.1) is 18.7 Å². The van der Waals surface area contributed by atoms with Gasteiger partial charge in [0.1, 0.15) is 17.2 Å². The summed E-state index contributed by atoms with van der Waals surface area (Å²) in [6.07, 6.45) is 2.49. The molecule has 0 bridgehead atoms. The summed E-state index contributed by atoms with van der Waals surface area (Å²) in [6, 6.07) is 4.57. The molecule has 1 aliphatic carbocycles. The summed E-state index contributed by atoms with van der Waals surface area (Å²) in [5, 5.41) is 3.65. The Balaban J connectivity index is 0.00000176. The average Bonchev–Trinajstić information content (AvgIpc) is 3.02. The first-order valence-corrected chi connectivity index (χ1v) is 7.25. The Labute approximate surface area is 134 Å². The van der Waals surface area contributed by atoms with Crippen molar-refractivity contribution in [2.24, 2.45) is 11.7 Å². The Morgan fingerprint density at radius 3 is 2.91 bits per heavy atom. The van der Waals surface area contributed by atoms with Crippen LogP contribution >= 0.6 is 12.4 Å². The van der Waals surface area contributed by atoms with Crippen molar-refractivity contribution in [1.29, 1.82) is 0 Å². The zero-order valence-electron chi connectivity index (χ0n) is 12.4. The molecule has 6 heteroatoms. The largest absolute Gasteiger partial charge is 0.459 e. The van der Waals surface area contributed by atoms with Gasteiger partial charge in [-0.3, -0.25) is 4.79 Å². The van der Waals surface area contributed by atoms with Crippen LogP contribution in [0.4, 0.5) is 4.39 Å². The summed E-state index contributed by atoms with van der Waals surface area (Å²) in [4.78, 5) is 12.1. The monoisotopic (exact) mass is 326 g/mol.